The molecule has 0 heterocycles. The van der Waals surface area contributed by atoms with Gasteiger partial charge in [0.1, 0.15) is 0 Å². The molecule has 0 aliphatic rings. The van der Waals surface area contributed by atoms with Crippen LogP contribution in [0.15, 0.2) is 0 Å². The second-order valence-electron chi connectivity index (χ2n) is 28.6. The van der Waals surface area contributed by atoms with Gasteiger partial charge in [0.05, 0.1) is 0 Å². The van der Waals surface area contributed by atoms with Gasteiger partial charge in [-0.1, -0.05) is 501 Å². The lowest BCUT2D eigenvalue weighted by Crippen LogP contribution is -2.41. The number of hydrogen-bond donors (Lipinski definition) is 3. The van der Waals surface area contributed by atoms with Crippen molar-refractivity contribution in [1.29, 1.82) is 0 Å². The number of urea groups is 1. The fourth-order valence-electron chi connectivity index (χ4n) is 13.9. The standard InChI is InChI=1S/C81H165N3O/c1-2-3-4-5-6-7-8-9-10-11-12-13-14-15-16-17-18-19-20-21-22-23-24-25-26-27-28-29-30-31-32-33-34-35-36-37-38-39-40-41-42-43-44-45-46-47-48-49-50-51-52-53-54-55-56-57-58-59-60-61-62-63-64-65-66-67-68-69-70-71-72-73-74-75-76-77-78-79-80-83-84-81(82)85/h83H,2-80H2,1H3,(H3,82,84,85). The molecule has 0 aliphatic carbocycles. The second-order valence-corrected chi connectivity index (χ2v) is 28.6. The maximum atomic E-state index is 10.6. The summed E-state index contributed by atoms with van der Waals surface area (Å²) in [4.78, 5) is 10.6. The van der Waals surface area contributed by atoms with E-state index in [1.54, 1.807) is 0 Å². The van der Waals surface area contributed by atoms with Crippen molar-refractivity contribution in [1.82, 2.24) is 10.9 Å². The largest absolute Gasteiger partial charge is 0.351 e. The van der Waals surface area contributed by atoms with Crippen molar-refractivity contribution < 1.29 is 4.79 Å². The van der Waals surface area contributed by atoms with E-state index < -0.39 is 6.03 Å². The van der Waals surface area contributed by atoms with Gasteiger partial charge in [0.2, 0.25) is 0 Å². The topological polar surface area (TPSA) is 67.2 Å². The van der Waals surface area contributed by atoms with Gasteiger partial charge in [0.25, 0.3) is 0 Å². The third-order valence-corrected chi connectivity index (χ3v) is 19.9. The SMILES string of the molecule is CCCCCCCCCCCCCCCCCCCCCCCCCCCCCCCCCCCCCCCCCCCCCCCCCCCCCCCCCCCCCCCCCCCCCCCCCCCCCCCCNNC(N)=O. The zero-order valence-electron chi connectivity index (χ0n) is 59.3. The Morgan fingerprint density at radius 2 is 0.271 bits per heavy atom. The Labute approximate surface area is 539 Å². The zero-order chi connectivity index (χ0) is 60.9. The first-order valence-corrected chi connectivity index (χ1v) is 41.1. The Bertz CT molecular complexity index is 1140. The average Bonchev–Trinajstić information content (AvgIpc) is 3.50. The van der Waals surface area contributed by atoms with Crippen LogP contribution in [0.2, 0.25) is 0 Å². The Kier molecular flexibility index (Phi) is 80.5. The van der Waals surface area contributed by atoms with Gasteiger partial charge in [-0.3, -0.25) is 5.43 Å². The second kappa shape index (κ2) is 81.2. The molecule has 510 valence electrons. The maximum Gasteiger partial charge on any atom is 0.326 e. The molecular formula is C81H165N3O. The number of nitrogens with one attached hydrogen (secondary N) is 2. The van der Waals surface area contributed by atoms with Gasteiger partial charge in [0, 0.05) is 6.54 Å². The molecule has 0 aliphatic heterocycles. The molecule has 0 rings (SSSR count). The van der Waals surface area contributed by atoms with E-state index in [1.165, 1.54) is 494 Å². The first-order chi connectivity index (χ1) is 42.3. The molecule has 0 aromatic carbocycles. The number of primary amides is 1. The number of rotatable bonds is 80. The van der Waals surface area contributed by atoms with E-state index >= 15 is 0 Å². The molecule has 0 unspecified atom stereocenters. The van der Waals surface area contributed by atoms with Crippen LogP contribution in [-0.4, -0.2) is 12.6 Å². The van der Waals surface area contributed by atoms with Gasteiger partial charge in [-0.05, 0) is 6.42 Å². The Morgan fingerprint density at radius 3 is 0.365 bits per heavy atom. The monoisotopic (exact) mass is 1200 g/mol. The minimum Gasteiger partial charge on any atom is -0.351 e. The van der Waals surface area contributed by atoms with Crippen LogP contribution in [0.3, 0.4) is 0 Å². The summed E-state index contributed by atoms with van der Waals surface area (Å²) in [6.07, 6.45) is 115. The molecule has 4 heteroatoms. The van der Waals surface area contributed by atoms with Crippen molar-refractivity contribution in [3.05, 3.63) is 0 Å². The van der Waals surface area contributed by atoms with E-state index in [1.807, 2.05) is 0 Å². The molecule has 0 aromatic rings. The fraction of sp³-hybridized carbons (Fsp3) is 0.988. The minimum atomic E-state index is -0.506. The summed E-state index contributed by atoms with van der Waals surface area (Å²) in [6.45, 7) is 3.12. The molecule has 4 nitrogen and oxygen atoms in total. The van der Waals surface area contributed by atoms with Crippen LogP contribution >= 0.6 is 0 Å². The van der Waals surface area contributed by atoms with Gasteiger partial charge >= 0.3 is 6.03 Å². The highest BCUT2D eigenvalue weighted by Gasteiger charge is 2.02. The van der Waals surface area contributed by atoms with Gasteiger partial charge in [-0.2, -0.15) is 0 Å². The molecule has 0 fully saturated rings. The number of hydrogen-bond acceptors (Lipinski definition) is 2. The number of carbonyl (C=O) groups excluding carboxylic acids is 1. The number of carbonyl (C=O) groups is 1. The first-order valence-electron chi connectivity index (χ1n) is 41.1. The highest BCUT2D eigenvalue weighted by atomic mass is 16.2. The third kappa shape index (κ3) is 83.2. The molecule has 85 heavy (non-hydrogen) atoms. The Hall–Kier alpha value is -0.770. The van der Waals surface area contributed by atoms with Crippen molar-refractivity contribution in [3.8, 4) is 0 Å². The van der Waals surface area contributed by atoms with Gasteiger partial charge < -0.3 is 5.73 Å². The molecule has 0 spiro atoms. The highest BCUT2D eigenvalue weighted by molar-refractivity contribution is 5.70. The smallest absolute Gasteiger partial charge is 0.326 e. The van der Waals surface area contributed by atoms with Crippen LogP contribution in [-0.2, 0) is 0 Å². The molecular weight excluding hydrogens is 1030 g/mol. The number of hydrazine groups is 1. The van der Waals surface area contributed by atoms with Crippen molar-refractivity contribution in [2.45, 2.75) is 508 Å². The molecule has 0 aromatic heterocycles. The van der Waals surface area contributed by atoms with E-state index in [0.717, 1.165) is 13.0 Å². The van der Waals surface area contributed by atoms with Crippen LogP contribution in [0.1, 0.15) is 508 Å². The van der Waals surface area contributed by atoms with E-state index in [9.17, 15) is 4.79 Å². The zero-order valence-corrected chi connectivity index (χ0v) is 59.3. The van der Waals surface area contributed by atoms with E-state index in [-0.39, 0.29) is 0 Å². The molecule has 0 atom stereocenters. The summed E-state index contributed by atoms with van der Waals surface area (Å²) < 4.78 is 0. The van der Waals surface area contributed by atoms with Gasteiger partial charge in [-0.25, -0.2) is 10.2 Å². The minimum absolute atomic E-state index is 0.506. The quantitative estimate of drug-likeness (QED) is 0.0420. The first kappa shape index (κ1) is 84.2. The molecule has 0 bridgehead atoms. The number of amides is 2. The molecule has 4 N–H and O–H groups in total. The summed E-state index contributed by atoms with van der Waals surface area (Å²) in [5.74, 6) is 0. The third-order valence-electron chi connectivity index (χ3n) is 19.9. The Morgan fingerprint density at radius 1 is 0.176 bits per heavy atom. The van der Waals surface area contributed by atoms with Crippen LogP contribution in [0, 0.1) is 0 Å². The van der Waals surface area contributed by atoms with E-state index in [0.29, 0.717) is 0 Å². The van der Waals surface area contributed by atoms with Gasteiger partial charge in [0.15, 0.2) is 0 Å². The summed E-state index contributed by atoms with van der Waals surface area (Å²) >= 11 is 0. The van der Waals surface area contributed by atoms with Gasteiger partial charge in [-0.15, -0.1) is 0 Å². The van der Waals surface area contributed by atoms with Crippen LogP contribution < -0.4 is 16.6 Å². The predicted molar refractivity (Wildman–Crippen MR) is 387 cm³/mol. The summed E-state index contributed by atoms with van der Waals surface area (Å²) in [5, 5.41) is 0. The molecule has 0 radical (unpaired) electrons. The molecule has 0 saturated carbocycles. The predicted octanol–water partition coefficient (Wildman–Crippen LogP) is 29.6. The van der Waals surface area contributed by atoms with Crippen molar-refractivity contribution in [3.63, 3.8) is 0 Å². The molecule has 2 amide bonds. The fourth-order valence-corrected chi connectivity index (χ4v) is 13.9. The van der Waals surface area contributed by atoms with E-state index in [2.05, 4.69) is 17.8 Å². The average molecular weight is 1200 g/mol. The van der Waals surface area contributed by atoms with Crippen LogP contribution in [0.5, 0.6) is 0 Å². The lowest BCUT2D eigenvalue weighted by molar-refractivity contribution is 0.244. The van der Waals surface area contributed by atoms with Crippen LogP contribution in [0.4, 0.5) is 4.79 Å². The van der Waals surface area contributed by atoms with E-state index in [4.69, 9.17) is 5.73 Å². The van der Waals surface area contributed by atoms with Crippen LogP contribution in [0.25, 0.3) is 0 Å². The van der Waals surface area contributed by atoms with Crippen molar-refractivity contribution >= 4 is 6.03 Å². The lowest BCUT2D eigenvalue weighted by atomic mass is 10.0. The number of nitrogens with two attached hydrogens (primary N) is 1. The number of unbranched alkanes of at least 4 members (excludes halogenated alkanes) is 77. The van der Waals surface area contributed by atoms with Crippen molar-refractivity contribution in [2.24, 2.45) is 5.73 Å². The maximum absolute atomic E-state index is 10.6. The summed E-state index contributed by atoms with van der Waals surface area (Å²) in [7, 11) is 0. The van der Waals surface area contributed by atoms with Crippen molar-refractivity contribution in [2.75, 3.05) is 6.54 Å². The summed E-state index contributed by atoms with van der Waals surface area (Å²) in [5.41, 5.74) is 10.3. The normalized spacial score (nSPS) is 11.7. The molecule has 0 saturated heterocycles. The summed E-state index contributed by atoms with van der Waals surface area (Å²) in [6, 6.07) is -0.506. The lowest BCUT2D eigenvalue weighted by Gasteiger charge is -2.05. The Balaban J connectivity index is 3.08. The highest BCUT2D eigenvalue weighted by Crippen LogP contribution is 2.22.